The minimum absolute atomic E-state index is 0.198. The summed E-state index contributed by atoms with van der Waals surface area (Å²) in [6, 6.07) is 4.92. The molecule has 5 nitrogen and oxygen atoms in total. The van der Waals surface area contributed by atoms with Crippen molar-refractivity contribution >= 4 is 11.9 Å². The summed E-state index contributed by atoms with van der Waals surface area (Å²) in [7, 11) is 1.15. The molecule has 0 aliphatic carbocycles. The van der Waals surface area contributed by atoms with E-state index in [4.69, 9.17) is 5.26 Å². The minimum atomic E-state index is -4.56. The van der Waals surface area contributed by atoms with Gasteiger partial charge in [0, 0.05) is 12.0 Å². The van der Waals surface area contributed by atoms with Crippen LogP contribution in [-0.2, 0) is 15.7 Å². The fraction of sp³-hybridized carbons (Fsp3) is 0.438. The van der Waals surface area contributed by atoms with Crippen LogP contribution < -0.4 is 5.32 Å². The van der Waals surface area contributed by atoms with E-state index in [2.05, 4.69) is 10.1 Å². The molecule has 0 aliphatic rings. The van der Waals surface area contributed by atoms with Gasteiger partial charge in [0.2, 0.25) is 0 Å². The number of nitrogens with zero attached hydrogens (tertiary/aromatic N) is 1. The number of benzene rings is 1. The first-order valence-corrected chi connectivity index (χ1v) is 7.22. The van der Waals surface area contributed by atoms with Gasteiger partial charge >= 0.3 is 12.1 Å². The molecule has 0 radical (unpaired) electrons. The number of unbranched alkanes of at least 4 members (excludes halogenated alkanes) is 2. The van der Waals surface area contributed by atoms with Gasteiger partial charge in [0.05, 0.1) is 18.7 Å². The topological polar surface area (TPSA) is 79.2 Å². The van der Waals surface area contributed by atoms with Crippen molar-refractivity contribution in [3.05, 3.63) is 35.4 Å². The number of alkyl halides is 3. The number of carbonyl (C=O) groups is 2. The van der Waals surface area contributed by atoms with Crippen molar-refractivity contribution in [2.24, 2.45) is 0 Å². The predicted molar refractivity (Wildman–Crippen MR) is 78.8 cm³/mol. The summed E-state index contributed by atoms with van der Waals surface area (Å²) in [5, 5.41) is 10.8. The maximum absolute atomic E-state index is 12.7. The molecule has 0 saturated heterocycles. The summed E-state index contributed by atoms with van der Waals surface area (Å²) < 4.78 is 42.6. The average Bonchev–Trinajstić information content (AvgIpc) is 2.56. The Labute approximate surface area is 137 Å². The van der Waals surface area contributed by atoms with Crippen LogP contribution in [-0.4, -0.2) is 25.0 Å². The molecule has 1 rings (SSSR count). The van der Waals surface area contributed by atoms with Crippen LogP contribution in [0.15, 0.2) is 24.3 Å². The summed E-state index contributed by atoms with van der Waals surface area (Å²) in [5.41, 5.74) is -1.14. The van der Waals surface area contributed by atoms with E-state index in [0.717, 1.165) is 25.3 Å². The minimum Gasteiger partial charge on any atom is -0.467 e. The van der Waals surface area contributed by atoms with Crippen LogP contribution in [0.4, 0.5) is 13.2 Å². The molecule has 0 heterocycles. The van der Waals surface area contributed by atoms with Crippen LogP contribution in [0, 0.1) is 11.3 Å². The van der Waals surface area contributed by atoms with Gasteiger partial charge < -0.3 is 10.1 Å². The summed E-state index contributed by atoms with van der Waals surface area (Å²) in [5.74, 6) is -1.48. The molecule has 130 valence electrons. The largest absolute Gasteiger partial charge is 0.467 e. The highest BCUT2D eigenvalue weighted by Gasteiger charge is 2.31. The molecule has 1 atom stereocenters. The molecule has 24 heavy (non-hydrogen) atoms. The van der Waals surface area contributed by atoms with E-state index in [-0.39, 0.29) is 12.0 Å². The number of amides is 1. The van der Waals surface area contributed by atoms with Gasteiger partial charge in [0.25, 0.3) is 5.91 Å². The van der Waals surface area contributed by atoms with E-state index < -0.39 is 29.7 Å². The van der Waals surface area contributed by atoms with E-state index in [9.17, 15) is 22.8 Å². The Morgan fingerprint density at radius 2 is 2.04 bits per heavy atom. The third-order valence-corrected chi connectivity index (χ3v) is 3.27. The SMILES string of the molecule is COC(=O)[C@H](CCCCC#N)NC(=O)c1cccc(C(F)(F)F)c1. The standard InChI is InChI=1S/C16H17F3N2O3/c1-24-15(23)13(8-3-2-4-9-20)21-14(22)11-6-5-7-12(10-11)16(17,18)19/h5-7,10,13H,2-4,8H2,1H3,(H,21,22)/t13-/m0/s1. The van der Waals surface area contributed by atoms with Crippen molar-refractivity contribution in [2.45, 2.75) is 37.9 Å². The lowest BCUT2D eigenvalue weighted by atomic mass is 10.1. The second-order valence-electron chi connectivity index (χ2n) is 5.03. The Balaban J connectivity index is 2.81. The van der Waals surface area contributed by atoms with Crippen molar-refractivity contribution in [3.8, 4) is 6.07 Å². The van der Waals surface area contributed by atoms with Crippen LogP contribution in [0.1, 0.15) is 41.6 Å². The van der Waals surface area contributed by atoms with Crippen molar-refractivity contribution < 1.29 is 27.5 Å². The van der Waals surface area contributed by atoms with Gasteiger partial charge in [-0.1, -0.05) is 6.07 Å². The zero-order chi connectivity index (χ0) is 18.2. The Kier molecular flexibility index (Phi) is 7.24. The monoisotopic (exact) mass is 342 g/mol. The number of carbonyl (C=O) groups excluding carboxylic acids is 2. The zero-order valence-electron chi connectivity index (χ0n) is 13.0. The van der Waals surface area contributed by atoms with E-state index in [0.29, 0.717) is 19.3 Å². The summed E-state index contributed by atoms with van der Waals surface area (Å²) in [4.78, 5) is 23.8. The summed E-state index contributed by atoms with van der Waals surface area (Å²) in [6.45, 7) is 0. The quantitative estimate of drug-likeness (QED) is 0.610. The van der Waals surface area contributed by atoms with Crippen molar-refractivity contribution in [1.29, 1.82) is 5.26 Å². The predicted octanol–water partition coefficient (Wildman–Crippen LogP) is 3.06. The highest BCUT2D eigenvalue weighted by molar-refractivity contribution is 5.96. The van der Waals surface area contributed by atoms with Crippen LogP contribution in [0.2, 0.25) is 0 Å². The molecule has 0 aromatic heterocycles. The number of halogens is 3. The molecular weight excluding hydrogens is 325 g/mol. The number of esters is 1. The lowest BCUT2D eigenvalue weighted by Crippen LogP contribution is -2.41. The molecule has 0 spiro atoms. The first-order chi connectivity index (χ1) is 11.3. The Morgan fingerprint density at radius 1 is 1.33 bits per heavy atom. The lowest BCUT2D eigenvalue weighted by molar-refractivity contribution is -0.143. The van der Waals surface area contributed by atoms with Gasteiger partial charge in [0.15, 0.2) is 0 Å². The molecule has 0 saturated carbocycles. The number of nitrogens with one attached hydrogen (secondary N) is 1. The van der Waals surface area contributed by atoms with Crippen LogP contribution in [0.5, 0.6) is 0 Å². The van der Waals surface area contributed by atoms with E-state index in [1.165, 1.54) is 6.07 Å². The van der Waals surface area contributed by atoms with Crippen molar-refractivity contribution in [1.82, 2.24) is 5.32 Å². The fourth-order valence-corrected chi connectivity index (χ4v) is 2.02. The molecule has 1 aromatic carbocycles. The molecule has 1 amide bonds. The van der Waals surface area contributed by atoms with Crippen LogP contribution >= 0.6 is 0 Å². The van der Waals surface area contributed by atoms with Gasteiger partial charge in [-0.05, 0) is 37.5 Å². The Bertz CT molecular complexity index is 624. The van der Waals surface area contributed by atoms with E-state index in [1.54, 1.807) is 0 Å². The Hall–Kier alpha value is -2.56. The second kappa shape index (κ2) is 8.91. The van der Waals surface area contributed by atoms with Gasteiger partial charge in [-0.2, -0.15) is 18.4 Å². The maximum atomic E-state index is 12.7. The molecule has 8 heteroatoms. The molecule has 1 N–H and O–H groups in total. The average molecular weight is 342 g/mol. The normalized spacial score (nSPS) is 12.1. The van der Waals surface area contributed by atoms with Gasteiger partial charge in [0.1, 0.15) is 6.04 Å². The maximum Gasteiger partial charge on any atom is 0.416 e. The summed E-state index contributed by atoms with van der Waals surface area (Å²) in [6.07, 6.45) is -2.97. The van der Waals surface area contributed by atoms with Crippen LogP contribution in [0.25, 0.3) is 0 Å². The van der Waals surface area contributed by atoms with Gasteiger partial charge in [-0.3, -0.25) is 4.79 Å². The number of methoxy groups -OCH3 is 1. The summed E-state index contributed by atoms with van der Waals surface area (Å²) >= 11 is 0. The fourth-order valence-electron chi connectivity index (χ4n) is 2.02. The zero-order valence-corrected chi connectivity index (χ0v) is 13.0. The second-order valence-corrected chi connectivity index (χ2v) is 5.03. The third kappa shape index (κ3) is 5.91. The first-order valence-electron chi connectivity index (χ1n) is 7.22. The Morgan fingerprint density at radius 3 is 2.62 bits per heavy atom. The van der Waals surface area contributed by atoms with E-state index in [1.807, 2.05) is 6.07 Å². The highest BCUT2D eigenvalue weighted by Crippen LogP contribution is 2.29. The molecule has 0 bridgehead atoms. The smallest absolute Gasteiger partial charge is 0.416 e. The molecule has 0 unspecified atom stereocenters. The molecule has 0 fully saturated rings. The molecular formula is C16H17F3N2O3. The first kappa shape index (κ1) is 19.5. The highest BCUT2D eigenvalue weighted by atomic mass is 19.4. The lowest BCUT2D eigenvalue weighted by Gasteiger charge is -2.16. The molecule has 1 aromatic rings. The number of nitriles is 1. The third-order valence-electron chi connectivity index (χ3n) is 3.27. The van der Waals surface area contributed by atoms with Crippen molar-refractivity contribution in [3.63, 3.8) is 0 Å². The number of ether oxygens (including phenoxy) is 1. The number of hydrogen-bond donors (Lipinski definition) is 1. The van der Waals surface area contributed by atoms with Crippen molar-refractivity contribution in [2.75, 3.05) is 7.11 Å². The number of rotatable bonds is 7. The molecule has 0 aliphatic heterocycles. The van der Waals surface area contributed by atoms with E-state index >= 15 is 0 Å². The van der Waals surface area contributed by atoms with Gasteiger partial charge in [-0.15, -0.1) is 0 Å². The van der Waals surface area contributed by atoms with Crippen LogP contribution in [0.3, 0.4) is 0 Å². The number of hydrogen-bond acceptors (Lipinski definition) is 4. The van der Waals surface area contributed by atoms with Gasteiger partial charge in [-0.25, -0.2) is 4.79 Å².